The first-order chi connectivity index (χ1) is 9.33. The number of carbonyl (C=O) groups excluding carboxylic acids is 1. The Morgan fingerprint density at radius 1 is 1.25 bits per heavy atom. The van der Waals surface area contributed by atoms with Crippen LogP contribution in [0.4, 0.5) is 0 Å². The fourth-order valence-corrected chi connectivity index (χ4v) is 3.10. The predicted molar refractivity (Wildman–Crippen MR) is 74.4 cm³/mol. The Morgan fingerprint density at radius 2 is 1.90 bits per heavy atom. The van der Waals surface area contributed by atoms with Crippen molar-refractivity contribution in [2.24, 2.45) is 0 Å². The summed E-state index contributed by atoms with van der Waals surface area (Å²) in [6.07, 6.45) is 4.10. The predicted octanol–water partition coefficient (Wildman–Crippen LogP) is 0.333. The van der Waals surface area contributed by atoms with Crippen LogP contribution in [0.2, 0.25) is 0 Å². The van der Waals surface area contributed by atoms with Gasteiger partial charge in [-0.05, 0) is 19.3 Å². The lowest BCUT2D eigenvalue weighted by molar-refractivity contribution is -0.931. The fourth-order valence-electron chi connectivity index (χ4n) is 2.78. The van der Waals surface area contributed by atoms with E-state index in [1.807, 2.05) is 0 Å². The highest BCUT2D eigenvalue weighted by Crippen LogP contribution is 2.19. The molecule has 0 radical (unpaired) electrons. The maximum absolute atomic E-state index is 10.9. The van der Waals surface area contributed by atoms with Gasteiger partial charge in [-0.2, -0.15) is 8.42 Å². The van der Waals surface area contributed by atoms with Crippen molar-refractivity contribution >= 4 is 16.3 Å². The average molecular weight is 309 g/mol. The SMILES string of the molecule is CC(=O)NCC[N+]1(CCCOS(=O)(=O)O)CCCCC1. The molecule has 1 amide bonds. The Balaban J connectivity index is 2.40. The summed E-state index contributed by atoms with van der Waals surface area (Å²) in [4.78, 5) is 10.9. The van der Waals surface area contributed by atoms with E-state index in [2.05, 4.69) is 9.50 Å². The molecule has 2 N–H and O–H groups in total. The summed E-state index contributed by atoms with van der Waals surface area (Å²) in [7, 11) is -4.34. The second-order valence-corrected chi connectivity index (χ2v) is 6.47. The van der Waals surface area contributed by atoms with Gasteiger partial charge in [-0.15, -0.1) is 0 Å². The number of amides is 1. The number of hydrogen-bond donors (Lipinski definition) is 2. The molecular formula is C12H25N2O5S+. The van der Waals surface area contributed by atoms with Crippen LogP contribution in [-0.4, -0.2) is 62.7 Å². The van der Waals surface area contributed by atoms with E-state index in [1.54, 1.807) is 0 Å². The Kier molecular flexibility index (Phi) is 6.87. The van der Waals surface area contributed by atoms with E-state index in [1.165, 1.54) is 13.3 Å². The number of carbonyl (C=O) groups is 1. The number of nitrogens with zero attached hydrogens (tertiary/aromatic N) is 1. The Hall–Kier alpha value is -0.700. The van der Waals surface area contributed by atoms with Crippen LogP contribution in [0.3, 0.4) is 0 Å². The second kappa shape index (κ2) is 7.92. The van der Waals surface area contributed by atoms with Gasteiger partial charge in [0.1, 0.15) is 0 Å². The van der Waals surface area contributed by atoms with Gasteiger partial charge in [-0.1, -0.05) is 0 Å². The van der Waals surface area contributed by atoms with Gasteiger partial charge in [-0.3, -0.25) is 9.35 Å². The van der Waals surface area contributed by atoms with Gasteiger partial charge in [0.2, 0.25) is 5.91 Å². The highest BCUT2D eigenvalue weighted by Gasteiger charge is 2.29. The maximum atomic E-state index is 10.9. The molecule has 7 nitrogen and oxygen atoms in total. The summed E-state index contributed by atoms with van der Waals surface area (Å²) in [6, 6.07) is 0. The van der Waals surface area contributed by atoms with E-state index < -0.39 is 10.4 Å². The molecule has 0 atom stereocenters. The van der Waals surface area contributed by atoms with Gasteiger partial charge in [0.05, 0.1) is 39.3 Å². The number of piperidine rings is 1. The maximum Gasteiger partial charge on any atom is 0.397 e. The van der Waals surface area contributed by atoms with Crippen molar-refractivity contribution < 1.29 is 26.4 Å². The Morgan fingerprint density at radius 3 is 2.45 bits per heavy atom. The molecule has 118 valence electrons. The van der Waals surface area contributed by atoms with Gasteiger partial charge >= 0.3 is 10.4 Å². The molecule has 1 fully saturated rings. The highest BCUT2D eigenvalue weighted by molar-refractivity contribution is 7.80. The first kappa shape index (κ1) is 17.4. The molecule has 0 aromatic heterocycles. The van der Waals surface area contributed by atoms with Gasteiger partial charge in [0.25, 0.3) is 0 Å². The molecule has 1 aliphatic heterocycles. The molecule has 1 rings (SSSR count). The van der Waals surface area contributed by atoms with E-state index in [0.29, 0.717) is 13.0 Å². The number of likely N-dealkylation sites (tertiary alicyclic amines) is 1. The molecule has 8 heteroatoms. The van der Waals surface area contributed by atoms with Crippen LogP contribution in [0.15, 0.2) is 0 Å². The third kappa shape index (κ3) is 7.18. The molecule has 0 unspecified atom stereocenters. The topological polar surface area (TPSA) is 92.7 Å². The number of hydrogen-bond acceptors (Lipinski definition) is 4. The number of nitrogens with one attached hydrogen (secondary N) is 1. The lowest BCUT2D eigenvalue weighted by atomic mass is 10.1. The van der Waals surface area contributed by atoms with Crippen molar-refractivity contribution in [2.75, 3.05) is 39.3 Å². The molecule has 0 saturated carbocycles. The largest absolute Gasteiger partial charge is 0.397 e. The molecule has 1 heterocycles. The van der Waals surface area contributed by atoms with Gasteiger partial charge in [-0.25, -0.2) is 4.18 Å². The molecule has 20 heavy (non-hydrogen) atoms. The summed E-state index contributed by atoms with van der Waals surface area (Å²) in [5, 5.41) is 2.81. The van der Waals surface area contributed by atoms with Gasteiger partial charge in [0.15, 0.2) is 0 Å². The minimum absolute atomic E-state index is 0.00102. The molecule has 0 aromatic carbocycles. The summed E-state index contributed by atoms with van der Waals surface area (Å²) in [6.45, 7) is 5.88. The van der Waals surface area contributed by atoms with Crippen molar-refractivity contribution in [3.63, 3.8) is 0 Å². The van der Waals surface area contributed by atoms with E-state index in [4.69, 9.17) is 4.55 Å². The van der Waals surface area contributed by atoms with Crippen molar-refractivity contribution in [1.82, 2.24) is 5.32 Å². The monoisotopic (exact) mass is 309 g/mol. The third-order valence-corrected chi connectivity index (χ3v) is 4.20. The lowest BCUT2D eigenvalue weighted by Gasteiger charge is -2.41. The first-order valence-corrected chi connectivity index (χ1v) is 8.41. The molecular weight excluding hydrogens is 284 g/mol. The summed E-state index contributed by atoms with van der Waals surface area (Å²) in [5.74, 6) is -0.0325. The highest BCUT2D eigenvalue weighted by atomic mass is 32.3. The molecule has 0 aromatic rings. The number of quaternary nitrogens is 1. The van der Waals surface area contributed by atoms with Crippen LogP contribution < -0.4 is 5.32 Å². The molecule has 0 aliphatic carbocycles. The van der Waals surface area contributed by atoms with Crippen LogP contribution in [0.5, 0.6) is 0 Å². The molecule has 0 spiro atoms. The Labute approximate surface area is 120 Å². The first-order valence-electron chi connectivity index (χ1n) is 7.04. The van der Waals surface area contributed by atoms with E-state index >= 15 is 0 Å². The zero-order valence-corrected chi connectivity index (χ0v) is 12.8. The fraction of sp³-hybridized carbons (Fsp3) is 0.917. The van der Waals surface area contributed by atoms with Crippen LogP contribution in [0.25, 0.3) is 0 Å². The lowest BCUT2D eigenvalue weighted by Crippen LogP contribution is -2.55. The van der Waals surface area contributed by atoms with Crippen LogP contribution in [-0.2, 0) is 19.4 Å². The normalized spacial score (nSPS) is 18.7. The van der Waals surface area contributed by atoms with Gasteiger partial charge < -0.3 is 9.80 Å². The van der Waals surface area contributed by atoms with Gasteiger partial charge in [0, 0.05) is 13.3 Å². The third-order valence-electron chi connectivity index (χ3n) is 3.73. The zero-order chi connectivity index (χ0) is 15.1. The van der Waals surface area contributed by atoms with E-state index in [9.17, 15) is 13.2 Å². The van der Waals surface area contributed by atoms with Crippen molar-refractivity contribution in [1.29, 1.82) is 0 Å². The van der Waals surface area contributed by atoms with Crippen molar-refractivity contribution in [2.45, 2.75) is 32.6 Å². The molecule has 0 bridgehead atoms. The number of rotatable bonds is 8. The minimum Gasteiger partial charge on any atom is -0.351 e. The molecule has 1 aliphatic rings. The average Bonchev–Trinajstić information content (AvgIpc) is 2.34. The van der Waals surface area contributed by atoms with Crippen LogP contribution in [0.1, 0.15) is 32.6 Å². The molecule has 1 saturated heterocycles. The van der Waals surface area contributed by atoms with Crippen LogP contribution >= 0.6 is 0 Å². The van der Waals surface area contributed by atoms with Crippen molar-refractivity contribution in [3.8, 4) is 0 Å². The van der Waals surface area contributed by atoms with E-state index in [0.717, 1.165) is 43.5 Å². The standard InChI is InChI=1S/C12H24N2O5S/c1-12(15)13-6-10-14(7-3-2-4-8-14)9-5-11-19-20(16,17)18/h2-11H2,1H3,(H-,13,15,16,17,18)/p+1. The summed E-state index contributed by atoms with van der Waals surface area (Å²) >= 11 is 0. The quantitative estimate of drug-likeness (QED) is 0.383. The minimum atomic E-state index is -4.34. The summed E-state index contributed by atoms with van der Waals surface area (Å²) < 4.78 is 34.7. The van der Waals surface area contributed by atoms with E-state index in [-0.39, 0.29) is 12.5 Å². The Bertz CT molecular complexity index is 404. The second-order valence-electron chi connectivity index (χ2n) is 5.38. The zero-order valence-electron chi connectivity index (χ0n) is 12.0. The van der Waals surface area contributed by atoms with Crippen molar-refractivity contribution in [3.05, 3.63) is 0 Å². The summed E-state index contributed by atoms with van der Waals surface area (Å²) in [5.41, 5.74) is 0. The smallest absolute Gasteiger partial charge is 0.351 e. The van der Waals surface area contributed by atoms with Crippen LogP contribution in [0, 0.1) is 0 Å².